The molecule has 0 saturated heterocycles. The molecule has 3 atom stereocenters. The molecule has 1 aliphatic rings. The van der Waals surface area contributed by atoms with Gasteiger partial charge >= 0.3 is 0 Å². The van der Waals surface area contributed by atoms with Gasteiger partial charge in [0.25, 0.3) is 0 Å². The molecule has 108 valence electrons. The zero-order valence-corrected chi connectivity index (χ0v) is 13.0. The van der Waals surface area contributed by atoms with Crippen LogP contribution < -0.4 is 5.32 Å². The third-order valence-electron chi connectivity index (χ3n) is 4.88. The average Bonchev–Trinajstić information content (AvgIpc) is 2.76. The second-order valence-electron chi connectivity index (χ2n) is 6.30. The van der Waals surface area contributed by atoms with Crippen LogP contribution in [0.15, 0.2) is 12.3 Å². The maximum absolute atomic E-state index is 4.35. The lowest BCUT2D eigenvalue weighted by Gasteiger charge is -2.50. The fraction of sp³-hybridized carbons (Fsp3) is 0.800. The molecular weight excluding hydrogens is 236 g/mol. The van der Waals surface area contributed by atoms with Crippen molar-refractivity contribution in [1.82, 2.24) is 20.0 Å². The highest BCUT2D eigenvalue weighted by molar-refractivity contribution is 5.16. The number of hydrogen-bond acceptors (Lipinski definition) is 3. The molecule has 1 aliphatic carbocycles. The number of hydrogen-bond donors (Lipinski definition) is 1. The van der Waals surface area contributed by atoms with E-state index in [4.69, 9.17) is 0 Å². The third kappa shape index (κ3) is 2.56. The number of rotatable bonds is 4. The second-order valence-corrected chi connectivity index (χ2v) is 6.30. The lowest BCUT2D eigenvalue weighted by atomic mass is 9.70. The SMILES string of the molecule is CNC(c1ccnn1C)C1(N(C)C)CCCC(C)C1. The fourth-order valence-corrected chi connectivity index (χ4v) is 3.85. The summed E-state index contributed by atoms with van der Waals surface area (Å²) in [5.41, 5.74) is 1.48. The largest absolute Gasteiger partial charge is 0.310 e. The van der Waals surface area contributed by atoms with Crippen molar-refractivity contribution >= 4 is 0 Å². The van der Waals surface area contributed by atoms with Crippen LogP contribution in [0.1, 0.15) is 44.3 Å². The summed E-state index contributed by atoms with van der Waals surface area (Å²) >= 11 is 0. The number of likely N-dealkylation sites (N-methyl/N-ethyl adjacent to an activating group) is 2. The summed E-state index contributed by atoms with van der Waals surface area (Å²) < 4.78 is 2.01. The summed E-state index contributed by atoms with van der Waals surface area (Å²) in [7, 11) is 8.55. The predicted octanol–water partition coefficient (Wildman–Crippen LogP) is 2.19. The van der Waals surface area contributed by atoms with Crippen molar-refractivity contribution in [3.8, 4) is 0 Å². The van der Waals surface area contributed by atoms with Gasteiger partial charge in [-0.1, -0.05) is 19.8 Å². The van der Waals surface area contributed by atoms with Crippen molar-refractivity contribution in [2.45, 2.75) is 44.2 Å². The number of nitrogens with one attached hydrogen (secondary N) is 1. The first-order valence-corrected chi connectivity index (χ1v) is 7.34. The lowest BCUT2D eigenvalue weighted by Crippen LogP contribution is -2.55. The van der Waals surface area contributed by atoms with Crippen molar-refractivity contribution in [3.05, 3.63) is 18.0 Å². The van der Waals surface area contributed by atoms with Gasteiger partial charge in [0.15, 0.2) is 0 Å². The van der Waals surface area contributed by atoms with E-state index < -0.39 is 0 Å². The molecule has 1 saturated carbocycles. The molecular formula is C15H28N4. The van der Waals surface area contributed by atoms with Gasteiger partial charge in [-0.3, -0.25) is 4.68 Å². The van der Waals surface area contributed by atoms with Gasteiger partial charge in [-0.15, -0.1) is 0 Å². The molecule has 0 radical (unpaired) electrons. The van der Waals surface area contributed by atoms with Crippen LogP contribution in [0, 0.1) is 5.92 Å². The number of aromatic nitrogens is 2. The van der Waals surface area contributed by atoms with E-state index in [2.05, 4.69) is 49.4 Å². The Kier molecular flexibility index (Phi) is 4.31. The lowest BCUT2D eigenvalue weighted by molar-refractivity contribution is 0.0366. The Morgan fingerprint density at radius 2 is 2.26 bits per heavy atom. The molecule has 0 aliphatic heterocycles. The van der Waals surface area contributed by atoms with Crippen LogP contribution in [0.25, 0.3) is 0 Å². The second kappa shape index (κ2) is 5.63. The standard InChI is InChI=1S/C15H28N4/c1-12-7-6-9-15(11-12,18(3)4)14(16-2)13-8-10-17-19(13)5/h8,10,12,14,16H,6-7,9,11H2,1-5H3. The Hall–Kier alpha value is -0.870. The predicted molar refractivity (Wildman–Crippen MR) is 79.1 cm³/mol. The van der Waals surface area contributed by atoms with Gasteiger partial charge in [0.2, 0.25) is 0 Å². The van der Waals surface area contributed by atoms with Gasteiger partial charge < -0.3 is 10.2 Å². The minimum atomic E-state index is 0.195. The van der Waals surface area contributed by atoms with Gasteiger partial charge in [0.1, 0.15) is 0 Å². The molecule has 2 rings (SSSR count). The minimum Gasteiger partial charge on any atom is -0.310 e. The summed E-state index contributed by atoms with van der Waals surface area (Å²) in [6.07, 6.45) is 7.07. The van der Waals surface area contributed by atoms with Crippen molar-refractivity contribution < 1.29 is 0 Å². The average molecular weight is 264 g/mol. The number of nitrogens with zero attached hydrogens (tertiary/aromatic N) is 3. The van der Waals surface area contributed by atoms with Gasteiger partial charge in [0.05, 0.1) is 11.7 Å². The van der Waals surface area contributed by atoms with Crippen LogP contribution in [0.4, 0.5) is 0 Å². The smallest absolute Gasteiger partial charge is 0.0676 e. The Bertz CT molecular complexity index is 412. The van der Waals surface area contributed by atoms with Crippen LogP contribution in [0.5, 0.6) is 0 Å². The van der Waals surface area contributed by atoms with Crippen LogP contribution in [0.2, 0.25) is 0 Å². The molecule has 1 fully saturated rings. The molecule has 4 heteroatoms. The van der Waals surface area contributed by atoms with Crippen LogP contribution in [-0.4, -0.2) is 41.4 Å². The topological polar surface area (TPSA) is 33.1 Å². The molecule has 0 bridgehead atoms. The molecule has 0 spiro atoms. The molecule has 0 amide bonds. The first kappa shape index (κ1) is 14.5. The highest BCUT2D eigenvalue weighted by Gasteiger charge is 2.44. The Labute approximate surface area is 117 Å². The van der Waals surface area contributed by atoms with Gasteiger partial charge in [0, 0.05) is 18.8 Å². The van der Waals surface area contributed by atoms with Crippen LogP contribution in [0.3, 0.4) is 0 Å². The molecule has 1 aromatic rings. The van der Waals surface area contributed by atoms with E-state index in [-0.39, 0.29) is 5.54 Å². The number of aryl methyl sites for hydroxylation is 1. The van der Waals surface area contributed by atoms with Gasteiger partial charge in [-0.25, -0.2) is 0 Å². The quantitative estimate of drug-likeness (QED) is 0.905. The maximum Gasteiger partial charge on any atom is 0.0676 e. The fourth-order valence-electron chi connectivity index (χ4n) is 3.85. The molecule has 1 heterocycles. The van der Waals surface area contributed by atoms with Crippen LogP contribution in [-0.2, 0) is 7.05 Å². The maximum atomic E-state index is 4.35. The first-order valence-electron chi connectivity index (χ1n) is 7.34. The highest BCUT2D eigenvalue weighted by Crippen LogP contribution is 2.43. The molecule has 3 unspecified atom stereocenters. The van der Waals surface area contributed by atoms with E-state index in [9.17, 15) is 0 Å². The van der Waals surface area contributed by atoms with Crippen molar-refractivity contribution in [3.63, 3.8) is 0 Å². The summed E-state index contributed by atoms with van der Waals surface area (Å²) in [4.78, 5) is 2.43. The summed E-state index contributed by atoms with van der Waals surface area (Å²) in [6, 6.07) is 2.48. The van der Waals surface area contributed by atoms with E-state index in [1.54, 1.807) is 0 Å². The first-order chi connectivity index (χ1) is 9.01. The Morgan fingerprint density at radius 3 is 2.74 bits per heavy atom. The molecule has 1 N–H and O–H groups in total. The zero-order chi connectivity index (χ0) is 14.0. The summed E-state index contributed by atoms with van der Waals surface area (Å²) in [5, 5.41) is 7.90. The molecule has 19 heavy (non-hydrogen) atoms. The third-order valence-corrected chi connectivity index (χ3v) is 4.88. The van der Waals surface area contributed by atoms with E-state index in [0.717, 1.165) is 5.92 Å². The van der Waals surface area contributed by atoms with Gasteiger partial charge in [-0.2, -0.15) is 5.10 Å². The van der Waals surface area contributed by atoms with E-state index in [0.29, 0.717) is 6.04 Å². The van der Waals surface area contributed by atoms with Crippen molar-refractivity contribution in [2.24, 2.45) is 13.0 Å². The zero-order valence-electron chi connectivity index (χ0n) is 13.0. The van der Waals surface area contributed by atoms with E-state index in [1.165, 1.54) is 31.4 Å². The Balaban J connectivity index is 2.39. The monoisotopic (exact) mass is 264 g/mol. The van der Waals surface area contributed by atoms with Crippen LogP contribution >= 0.6 is 0 Å². The molecule has 0 aromatic carbocycles. The van der Waals surface area contributed by atoms with Crippen molar-refractivity contribution in [1.29, 1.82) is 0 Å². The molecule has 4 nitrogen and oxygen atoms in total. The summed E-state index contributed by atoms with van der Waals surface area (Å²) in [6.45, 7) is 2.38. The van der Waals surface area contributed by atoms with E-state index >= 15 is 0 Å². The highest BCUT2D eigenvalue weighted by atomic mass is 15.3. The molecule has 1 aromatic heterocycles. The summed E-state index contributed by atoms with van der Waals surface area (Å²) in [5.74, 6) is 0.792. The normalized spacial score (nSPS) is 29.7. The minimum absolute atomic E-state index is 0.195. The Morgan fingerprint density at radius 1 is 1.53 bits per heavy atom. The van der Waals surface area contributed by atoms with E-state index in [1.807, 2.05) is 17.9 Å². The van der Waals surface area contributed by atoms with Crippen molar-refractivity contribution in [2.75, 3.05) is 21.1 Å². The van der Waals surface area contributed by atoms with Gasteiger partial charge in [-0.05, 0) is 46.0 Å².